The number of carbonyl (C=O) groups is 1. The molecule has 0 aliphatic carbocycles. The fraction of sp³-hybridized carbons (Fsp3) is 0.562. The largest absolute Gasteiger partial charge is 0.381 e. The molecule has 1 unspecified atom stereocenters. The predicted molar refractivity (Wildman–Crippen MR) is 78.9 cm³/mol. The van der Waals surface area contributed by atoms with Crippen LogP contribution in [0.5, 0.6) is 0 Å². The maximum absolute atomic E-state index is 11.0. The second-order valence-corrected chi connectivity index (χ2v) is 4.14. The Kier molecular flexibility index (Phi) is 11.7. The van der Waals surface area contributed by atoms with Crippen molar-refractivity contribution in [1.29, 1.82) is 0 Å². The van der Waals surface area contributed by atoms with Crippen molar-refractivity contribution < 1.29 is 9.53 Å². The lowest BCUT2D eigenvalue weighted by molar-refractivity contribution is -0.119. The van der Waals surface area contributed by atoms with Crippen LogP contribution in [0, 0.1) is 0 Å². The first-order chi connectivity index (χ1) is 7.72. The van der Waals surface area contributed by atoms with Gasteiger partial charge < -0.3 is 4.74 Å². The van der Waals surface area contributed by atoms with E-state index >= 15 is 0 Å². The Morgan fingerprint density at radius 2 is 1.83 bits per heavy atom. The van der Waals surface area contributed by atoms with Gasteiger partial charge in [-0.25, -0.2) is 0 Å². The van der Waals surface area contributed by atoms with Crippen molar-refractivity contribution in [3.63, 3.8) is 0 Å². The molecule has 0 N–H and O–H groups in total. The van der Waals surface area contributed by atoms with Crippen LogP contribution >= 0.6 is 0 Å². The lowest BCUT2D eigenvalue weighted by Gasteiger charge is -2.13. The summed E-state index contributed by atoms with van der Waals surface area (Å²) in [6.45, 7) is 1.61. The van der Waals surface area contributed by atoms with Crippen molar-refractivity contribution >= 4 is 5.78 Å². The molecule has 0 heterocycles. The van der Waals surface area contributed by atoms with Gasteiger partial charge in [0.05, 0.1) is 6.10 Å². The molecule has 0 radical (unpaired) electrons. The average Bonchev–Trinajstić information content (AvgIpc) is 2.28. The number of benzene rings is 1. The van der Waals surface area contributed by atoms with Crippen LogP contribution in [0.3, 0.4) is 0 Å². The van der Waals surface area contributed by atoms with Crippen molar-refractivity contribution in [1.82, 2.24) is 0 Å². The van der Waals surface area contributed by atoms with E-state index in [1.165, 1.54) is 5.56 Å². The summed E-state index contributed by atoms with van der Waals surface area (Å²) in [5.41, 5.74) is 1.35. The zero-order valence-electron chi connectivity index (χ0n) is 10.1. The molecule has 0 aliphatic heterocycles. The Balaban J connectivity index is 0. The number of methoxy groups -OCH3 is 1. The molecule has 0 saturated carbocycles. The van der Waals surface area contributed by atoms with Crippen molar-refractivity contribution in [2.75, 3.05) is 7.11 Å². The van der Waals surface area contributed by atoms with Gasteiger partial charge in [0.25, 0.3) is 0 Å². The minimum atomic E-state index is 0. The third kappa shape index (κ3) is 8.02. The van der Waals surface area contributed by atoms with Crippen molar-refractivity contribution in [2.24, 2.45) is 0 Å². The molecular formula is C16H28O2. The molecule has 18 heavy (non-hydrogen) atoms. The van der Waals surface area contributed by atoms with E-state index in [2.05, 4.69) is 24.3 Å². The maximum atomic E-state index is 11.0. The van der Waals surface area contributed by atoms with Crippen LogP contribution in [-0.2, 0) is 16.0 Å². The van der Waals surface area contributed by atoms with Gasteiger partial charge in [0, 0.05) is 13.5 Å². The summed E-state index contributed by atoms with van der Waals surface area (Å²) >= 11 is 0. The van der Waals surface area contributed by atoms with Gasteiger partial charge >= 0.3 is 0 Å². The standard InChI is InChI=1S/C14H20O2.2CH4/c1-12(15)11-14(16-2)10-6-9-13-7-4-3-5-8-13;;/h3-5,7-8,14H,6,9-11H2,1-2H3;2*1H4. The normalized spacial score (nSPS) is 11.0. The van der Waals surface area contributed by atoms with Crippen LogP contribution in [0.4, 0.5) is 0 Å². The molecule has 0 aromatic heterocycles. The summed E-state index contributed by atoms with van der Waals surface area (Å²) in [6.07, 6.45) is 3.69. The fourth-order valence-corrected chi connectivity index (χ4v) is 1.80. The van der Waals surface area contributed by atoms with Gasteiger partial charge in [-0.05, 0) is 31.7 Å². The van der Waals surface area contributed by atoms with E-state index < -0.39 is 0 Å². The molecule has 0 amide bonds. The molecule has 1 rings (SSSR count). The molecule has 0 spiro atoms. The fourth-order valence-electron chi connectivity index (χ4n) is 1.80. The Bertz CT molecular complexity index is 306. The SMILES string of the molecule is C.C.COC(CCCc1ccccc1)CC(C)=O. The number of Topliss-reactive ketones (excluding diaryl/α,β-unsaturated/α-hetero) is 1. The predicted octanol–water partition coefficient (Wildman–Crippen LogP) is 4.28. The summed E-state index contributed by atoms with van der Waals surface area (Å²) in [4.78, 5) is 11.0. The highest BCUT2D eigenvalue weighted by atomic mass is 16.5. The van der Waals surface area contributed by atoms with Gasteiger partial charge in [-0.3, -0.25) is 4.79 Å². The first-order valence-corrected chi connectivity index (χ1v) is 5.78. The average molecular weight is 252 g/mol. The van der Waals surface area contributed by atoms with Crippen LogP contribution in [0.2, 0.25) is 0 Å². The van der Waals surface area contributed by atoms with E-state index in [4.69, 9.17) is 4.74 Å². The van der Waals surface area contributed by atoms with E-state index in [9.17, 15) is 4.79 Å². The minimum Gasteiger partial charge on any atom is -0.381 e. The summed E-state index contributed by atoms with van der Waals surface area (Å²) < 4.78 is 5.28. The first-order valence-electron chi connectivity index (χ1n) is 5.78. The summed E-state index contributed by atoms with van der Waals surface area (Å²) in [7, 11) is 1.68. The Hall–Kier alpha value is -1.15. The Morgan fingerprint density at radius 3 is 2.33 bits per heavy atom. The molecular weight excluding hydrogens is 224 g/mol. The van der Waals surface area contributed by atoms with Crippen molar-refractivity contribution in [2.45, 2.75) is 53.6 Å². The molecule has 1 atom stereocenters. The zero-order valence-corrected chi connectivity index (χ0v) is 10.1. The molecule has 0 saturated heterocycles. The summed E-state index contributed by atoms with van der Waals surface area (Å²) in [6, 6.07) is 10.4. The van der Waals surface area contributed by atoms with Gasteiger partial charge in [0.1, 0.15) is 5.78 Å². The molecule has 1 aromatic carbocycles. The second-order valence-electron chi connectivity index (χ2n) is 4.14. The first kappa shape index (κ1) is 19.2. The number of hydrogen-bond acceptors (Lipinski definition) is 2. The highest BCUT2D eigenvalue weighted by Crippen LogP contribution is 2.10. The van der Waals surface area contributed by atoms with Gasteiger partial charge in [-0.2, -0.15) is 0 Å². The van der Waals surface area contributed by atoms with E-state index in [1.807, 2.05) is 6.07 Å². The Morgan fingerprint density at radius 1 is 1.22 bits per heavy atom. The van der Waals surface area contributed by atoms with E-state index in [1.54, 1.807) is 14.0 Å². The maximum Gasteiger partial charge on any atom is 0.132 e. The summed E-state index contributed by atoms with van der Waals surface area (Å²) in [5, 5.41) is 0. The van der Waals surface area contributed by atoms with Crippen LogP contribution in [0.1, 0.15) is 46.6 Å². The third-order valence-corrected chi connectivity index (χ3v) is 2.68. The number of hydrogen-bond donors (Lipinski definition) is 0. The summed E-state index contributed by atoms with van der Waals surface area (Å²) in [5.74, 6) is 0.201. The number of rotatable bonds is 7. The smallest absolute Gasteiger partial charge is 0.132 e. The van der Waals surface area contributed by atoms with Crippen molar-refractivity contribution in [3.05, 3.63) is 35.9 Å². The van der Waals surface area contributed by atoms with Crippen molar-refractivity contribution in [3.8, 4) is 0 Å². The molecule has 2 heteroatoms. The lowest BCUT2D eigenvalue weighted by atomic mass is 10.0. The minimum absolute atomic E-state index is 0. The molecule has 104 valence electrons. The number of carbonyl (C=O) groups excluding carboxylic acids is 1. The highest BCUT2D eigenvalue weighted by molar-refractivity contribution is 5.75. The van der Waals surface area contributed by atoms with E-state index in [0.717, 1.165) is 19.3 Å². The Labute approximate surface area is 112 Å². The topological polar surface area (TPSA) is 26.3 Å². The highest BCUT2D eigenvalue weighted by Gasteiger charge is 2.09. The monoisotopic (exact) mass is 252 g/mol. The number of ether oxygens (including phenoxy) is 1. The molecule has 0 fully saturated rings. The van der Waals surface area contributed by atoms with Gasteiger partial charge in [0.15, 0.2) is 0 Å². The van der Waals surface area contributed by atoms with Crippen LogP contribution in [-0.4, -0.2) is 19.0 Å². The van der Waals surface area contributed by atoms with E-state index in [-0.39, 0.29) is 26.7 Å². The number of aryl methyl sites for hydroxylation is 1. The second kappa shape index (κ2) is 11.0. The van der Waals surface area contributed by atoms with E-state index in [0.29, 0.717) is 6.42 Å². The van der Waals surface area contributed by atoms with Gasteiger partial charge in [0.2, 0.25) is 0 Å². The zero-order chi connectivity index (χ0) is 11.8. The quantitative estimate of drug-likeness (QED) is 0.724. The van der Waals surface area contributed by atoms with Gasteiger partial charge in [-0.15, -0.1) is 0 Å². The van der Waals surface area contributed by atoms with Gasteiger partial charge in [-0.1, -0.05) is 45.2 Å². The number of ketones is 1. The van der Waals surface area contributed by atoms with Crippen LogP contribution in [0.15, 0.2) is 30.3 Å². The van der Waals surface area contributed by atoms with Crippen LogP contribution < -0.4 is 0 Å². The molecule has 0 bridgehead atoms. The van der Waals surface area contributed by atoms with Crippen LogP contribution in [0.25, 0.3) is 0 Å². The lowest BCUT2D eigenvalue weighted by Crippen LogP contribution is -2.14. The molecule has 1 aromatic rings. The third-order valence-electron chi connectivity index (χ3n) is 2.68. The molecule has 2 nitrogen and oxygen atoms in total. The molecule has 0 aliphatic rings.